The van der Waals surface area contributed by atoms with Gasteiger partial charge >= 0.3 is 6.09 Å². The molecule has 1 fully saturated rings. The summed E-state index contributed by atoms with van der Waals surface area (Å²) < 4.78 is 4.78. The Morgan fingerprint density at radius 1 is 1.35 bits per heavy atom. The van der Waals surface area contributed by atoms with Crippen LogP contribution in [0, 0.1) is 0 Å². The lowest BCUT2D eigenvalue weighted by atomic mass is 10.0. The van der Waals surface area contributed by atoms with Gasteiger partial charge in [-0.25, -0.2) is 4.79 Å². The first-order valence-corrected chi connectivity index (χ1v) is 7.88. The molecule has 0 aliphatic carbocycles. The monoisotopic (exact) mass is 315 g/mol. The predicted molar refractivity (Wildman–Crippen MR) is 86.9 cm³/mol. The Labute approximate surface area is 134 Å². The molecule has 2 amide bonds. The third-order valence-electron chi connectivity index (χ3n) is 4.35. The third-order valence-corrected chi connectivity index (χ3v) is 4.35. The lowest BCUT2D eigenvalue weighted by Gasteiger charge is -2.33. The van der Waals surface area contributed by atoms with E-state index in [1.807, 2.05) is 30.5 Å². The van der Waals surface area contributed by atoms with Crippen molar-refractivity contribution in [1.82, 2.24) is 15.2 Å². The van der Waals surface area contributed by atoms with Crippen LogP contribution < -0.4 is 5.32 Å². The molecule has 0 bridgehead atoms. The summed E-state index contributed by atoms with van der Waals surface area (Å²) in [5, 5.41) is 4.06. The van der Waals surface area contributed by atoms with Crippen LogP contribution in [0.1, 0.15) is 24.8 Å². The minimum absolute atomic E-state index is 0.123. The molecule has 0 spiro atoms. The zero-order chi connectivity index (χ0) is 16.2. The van der Waals surface area contributed by atoms with Crippen LogP contribution in [0.4, 0.5) is 4.79 Å². The molecule has 6 heteroatoms. The summed E-state index contributed by atoms with van der Waals surface area (Å²) in [7, 11) is 1.35. The molecule has 1 unspecified atom stereocenters. The van der Waals surface area contributed by atoms with Crippen molar-refractivity contribution in [1.29, 1.82) is 0 Å². The van der Waals surface area contributed by atoms with Crippen LogP contribution in [0.5, 0.6) is 0 Å². The van der Waals surface area contributed by atoms with Crippen molar-refractivity contribution in [2.45, 2.75) is 31.8 Å². The summed E-state index contributed by atoms with van der Waals surface area (Å²) in [6.45, 7) is 1.01. The molecule has 1 aromatic carbocycles. The molecule has 122 valence electrons. The number of nitrogens with zero attached hydrogens (tertiary/aromatic N) is 1. The second kappa shape index (κ2) is 6.73. The number of methoxy groups -OCH3 is 1. The summed E-state index contributed by atoms with van der Waals surface area (Å²) in [5.41, 5.74) is 2.10. The van der Waals surface area contributed by atoms with Gasteiger partial charge in [-0.2, -0.15) is 0 Å². The predicted octanol–water partition coefficient (Wildman–Crippen LogP) is 2.41. The molecule has 2 N–H and O–H groups in total. The fourth-order valence-corrected chi connectivity index (χ4v) is 3.14. The van der Waals surface area contributed by atoms with Gasteiger partial charge in [0.1, 0.15) is 6.04 Å². The molecule has 1 aromatic heterocycles. The number of nitrogens with one attached hydrogen (secondary N) is 2. The molecular formula is C17H21N3O3. The molecule has 0 radical (unpaired) electrons. The van der Waals surface area contributed by atoms with Crippen molar-refractivity contribution < 1.29 is 14.3 Å². The number of fused-ring (bicyclic) bond motifs is 1. The zero-order valence-electron chi connectivity index (χ0n) is 13.2. The molecule has 23 heavy (non-hydrogen) atoms. The first-order valence-electron chi connectivity index (χ1n) is 7.88. The summed E-state index contributed by atoms with van der Waals surface area (Å²) in [6.07, 6.45) is 3.98. The van der Waals surface area contributed by atoms with Gasteiger partial charge in [0.15, 0.2) is 0 Å². The number of ether oxygens (including phenoxy) is 1. The van der Waals surface area contributed by atoms with Crippen molar-refractivity contribution in [2.75, 3.05) is 13.7 Å². The first kappa shape index (κ1) is 15.4. The van der Waals surface area contributed by atoms with Crippen LogP contribution in [0.3, 0.4) is 0 Å². The van der Waals surface area contributed by atoms with E-state index in [0.717, 1.165) is 29.3 Å². The van der Waals surface area contributed by atoms with Gasteiger partial charge in [-0.3, -0.25) is 9.69 Å². The maximum Gasteiger partial charge on any atom is 0.410 e. The van der Waals surface area contributed by atoms with Gasteiger partial charge in [-0.05, 0) is 37.0 Å². The Balaban J connectivity index is 1.68. The van der Waals surface area contributed by atoms with Crippen LogP contribution in [-0.4, -0.2) is 41.6 Å². The van der Waals surface area contributed by atoms with E-state index in [9.17, 15) is 9.59 Å². The van der Waals surface area contributed by atoms with Gasteiger partial charge in [-0.15, -0.1) is 0 Å². The lowest BCUT2D eigenvalue weighted by Crippen LogP contribution is -2.51. The number of rotatable bonds is 3. The minimum Gasteiger partial charge on any atom is -0.453 e. The SMILES string of the molecule is COC(=O)N1CCCCC1C(=O)NCc1cccc2[nH]ccc12. The van der Waals surface area contributed by atoms with Crippen molar-refractivity contribution in [3.05, 3.63) is 36.0 Å². The van der Waals surface area contributed by atoms with Gasteiger partial charge in [0.05, 0.1) is 7.11 Å². The van der Waals surface area contributed by atoms with Crippen molar-refractivity contribution >= 4 is 22.9 Å². The van der Waals surface area contributed by atoms with E-state index in [2.05, 4.69) is 10.3 Å². The Bertz CT molecular complexity index is 710. The highest BCUT2D eigenvalue weighted by atomic mass is 16.5. The van der Waals surface area contributed by atoms with Crippen LogP contribution in [0.2, 0.25) is 0 Å². The van der Waals surface area contributed by atoms with E-state index in [1.54, 1.807) is 0 Å². The number of carbonyl (C=O) groups is 2. The molecule has 1 aliphatic heterocycles. The van der Waals surface area contributed by atoms with Crippen molar-refractivity contribution in [3.8, 4) is 0 Å². The Morgan fingerprint density at radius 3 is 3.04 bits per heavy atom. The molecule has 2 aromatic rings. The van der Waals surface area contributed by atoms with Crippen LogP contribution >= 0.6 is 0 Å². The number of H-pyrrole nitrogens is 1. The molecule has 0 saturated carbocycles. The number of benzene rings is 1. The third kappa shape index (κ3) is 3.16. The van der Waals surface area contributed by atoms with E-state index < -0.39 is 12.1 Å². The number of hydrogen-bond acceptors (Lipinski definition) is 3. The maximum atomic E-state index is 12.5. The number of hydrogen-bond donors (Lipinski definition) is 2. The van der Waals surface area contributed by atoms with Crippen molar-refractivity contribution in [3.63, 3.8) is 0 Å². The molecule has 6 nitrogen and oxygen atoms in total. The van der Waals surface area contributed by atoms with Crippen LogP contribution in [0.25, 0.3) is 10.9 Å². The Morgan fingerprint density at radius 2 is 2.22 bits per heavy atom. The Kier molecular flexibility index (Phi) is 4.50. The first-order chi connectivity index (χ1) is 11.2. The van der Waals surface area contributed by atoms with Gasteiger partial charge in [0.2, 0.25) is 5.91 Å². The maximum absolute atomic E-state index is 12.5. The second-order valence-electron chi connectivity index (χ2n) is 5.75. The van der Waals surface area contributed by atoms with E-state index in [4.69, 9.17) is 4.74 Å². The molecule has 3 rings (SSSR count). The summed E-state index contributed by atoms with van der Waals surface area (Å²) >= 11 is 0. The highest BCUT2D eigenvalue weighted by Gasteiger charge is 2.32. The second-order valence-corrected chi connectivity index (χ2v) is 5.75. The van der Waals surface area contributed by atoms with Gasteiger partial charge in [0, 0.05) is 30.2 Å². The highest BCUT2D eigenvalue weighted by Crippen LogP contribution is 2.20. The minimum atomic E-state index is -0.443. The van der Waals surface area contributed by atoms with E-state index in [0.29, 0.717) is 19.5 Å². The van der Waals surface area contributed by atoms with E-state index >= 15 is 0 Å². The Hall–Kier alpha value is -2.50. The number of aromatic amines is 1. The molecule has 2 heterocycles. The summed E-state index contributed by atoms with van der Waals surface area (Å²) in [5.74, 6) is -0.123. The lowest BCUT2D eigenvalue weighted by molar-refractivity contribution is -0.127. The zero-order valence-corrected chi connectivity index (χ0v) is 13.2. The molecular weight excluding hydrogens is 294 g/mol. The largest absolute Gasteiger partial charge is 0.453 e. The number of likely N-dealkylation sites (tertiary alicyclic amines) is 1. The van der Waals surface area contributed by atoms with Crippen LogP contribution in [-0.2, 0) is 16.1 Å². The molecule has 1 atom stereocenters. The number of carbonyl (C=O) groups excluding carboxylic acids is 2. The highest BCUT2D eigenvalue weighted by molar-refractivity contribution is 5.87. The number of piperidine rings is 1. The van der Waals surface area contributed by atoms with Crippen LogP contribution in [0.15, 0.2) is 30.5 Å². The summed E-state index contributed by atoms with van der Waals surface area (Å²) in [6, 6.07) is 7.51. The average molecular weight is 315 g/mol. The average Bonchev–Trinajstić information content (AvgIpc) is 3.08. The van der Waals surface area contributed by atoms with E-state index in [1.165, 1.54) is 12.0 Å². The van der Waals surface area contributed by atoms with Gasteiger partial charge in [0.25, 0.3) is 0 Å². The van der Waals surface area contributed by atoms with E-state index in [-0.39, 0.29) is 5.91 Å². The fraction of sp³-hybridized carbons (Fsp3) is 0.412. The molecule has 1 saturated heterocycles. The quantitative estimate of drug-likeness (QED) is 0.913. The topological polar surface area (TPSA) is 74.4 Å². The standard InChI is InChI=1S/C17H21N3O3/c1-23-17(22)20-10-3-2-7-15(20)16(21)19-11-12-5-4-6-14-13(12)8-9-18-14/h4-6,8-9,15,18H,2-3,7,10-11H2,1H3,(H,19,21). The van der Waals surface area contributed by atoms with Crippen molar-refractivity contribution in [2.24, 2.45) is 0 Å². The number of aromatic nitrogens is 1. The molecule has 1 aliphatic rings. The number of amides is 2. The fourth-order valence-electron chi connectivity index (χ4n) is 3.14. The normalized spacial score (nSPS) is 18.0. The van der Waals surface area contributed by atoms with Gasteiger partial charge in [-0.1, -0.05) is 12.1 Å². The summed E-state index contributed by atoms with van der Waals surface area (Å²) in [4.78, 5) is 29.0. The van der Waals surface area contributed by atoms with Gasteiger partial charge < -0.3 is 15.0 Å². The smallest absolute Gasteiger partial charge is 0.410 e.